The Morgan fingerprint density at radius 1 is 1.37 bits per heavy atom. The van der Waals surface area contributed by atoms with E-state index in [1.165, 1.54) is 0 Å². The number of hydrogen-bond acceptors (Lipinski definition) is 4. The van der Waals surface area contributed by atoms with E-state index in [9.17, 15) is 4.79 Å². The molecular formula is C14H19NO4. The van der Waals surface area contributed by atoms with Crippen molar-refractivity contribution < 1.29 is 19.4 Å². The van der Waals surface area contributed by atoms with Gasteiger partial charge in [-0.15, -0.1) is 0 Å². The molecule has 1 aliphatic heterocycles. The molecule has 0 saturated carbocycles. The number of aliphatic hydroxyl groups is 1. The third-order valence-electron chi connectivity index (χ3n) is 3.11. The molecule has 0 unspecified atom stereocenters. The van der Waals surface area contributed by atoms with E-state index in [1.807, 2.05) is 30.3 Å². The fraction of sp³-hybridized carbons (Fsp3) is 0.500. The Kier molecular flexibility index (Phi) is 5.18. The first-order valence-corrected chi connectivity index (χ1v) is 6.47. The summed E-state index contributed by atoms with van der Waals surface area (Å²) in [7, 11) is 0. The number of carbonyl (C=O) groups excluding carboxylic acids is 1. The molecule has 2 N–H and O–H groups in total. The highest BCUT2D eigenvalue weighted by molar-refractivity contribution is 5.67. The van der Waals surface area contributed by atoms with Crippen LogP contribution in [0.15, 0.2) is 30.3 Å². The van der Waals surface area contributed by atoms with Crippen LogP contribution < -0.4 is 5.32 Å². The number of ether oxygens (including phenoxy) is 2. The number of nitrogens with one attached hydrogen (secondary N) is 1. The second-order valence-electron chi connectivity index (χ2n) is 4.62. The molecule has 0 aromatic heterocycles. The van der Waals surface area contributed by atoms with Crippen molar-refractivity contribution in [3.05, 3.63) is 35.9 Å². The molecule has 2 atom stereocenters. The van der Waals surface area contributed by atoms with Crippen molar-refractivity contribution in [2.24, 2.45) is 0 Å². The molecule has 1 heterocycles. The Morgan fingerprint density at radius 2 is 2.16 bits per heavy atom. The maximum atomic E-state index is 11.6. The lowest BCUT2D eigenvalue weighted by atomic mass is 10.1. The van der Waals surface area contributed by atoms with Crippen LogP contribution in [0.2, 0.25) is 0 Å². The van der Waals surface area contributed by atoms with E-state index < -0.39 is 6.09 Å². The summed E-state index contributed by atoms with van der Waals surface area (Å²) in [6, 6.07) is 9.50. The molecule has 1 aromatic carbocycles. The third kappa shape index (κ3) is 4.54. The molecule has 0 radical (unpaired) electrons. The molecule has 1 saturated heterocycles. The van der Waals surface area contributed by atoms with E-state index in [2.05, 4.69) is 5.32 Å². The van der Waals surface area contributed by atoms with Gasteiger partial charge in [0.1, 0.15) is 6.61 Å². The predicted octanol–water partition coefficient (Wildman–Crippen LogP) is 1.45. The van der Waals surface area contributed by atoms with Gasteiger partial charge in [0, 0.05) is 0 Å². The minimum Gasteiger partial charge on any atom is -0.445 e. The molecule has 1 amide bonds. The SMILES string of the molecule is O=C(N[C@@H]1CC[C@@H](CO)OC1)OCc1ccccc1. The summed E-state index contributed by atoms with van der Waals surface area (Å²) in [4.78, 5) is 11.6. The molecule has 1 fully saturated rings. The van der Waals surface area contributed by atoms with Gasteiger partial charge in [-0.2, -0.15) is 0 Å². The van der Waals surface area contributed by atoms with Gasteiger partial charge in [0.2, 0.25) is 0 Å². The molecule has 1 aliphatic rings. The lowest BCUT2D eigenvalue weighted by Gasteiger charge is -2.28. The number of carbonyl (C=O) groups is 1. The van der Waals surface area contributed by atoms with Crippen LogP contribution in [0.1, 0.15) is 18.4 Å². The highest BCUT2D eigenvalue weighted by Crippen LogP contribution is 2.13. The minimum absolute atomic E-state index is 0.0329. The van der Waals surface area contributed by atoms with Gasteiger partial charge in [-0.1, -0.05) is 30.3 Å². The summed E-state index contributed by atoms with van der Waals surface area (Å²) < 4.78 is 10.5. The van der Waals surface area contributed by atoms with Gasteiger partial charge in [-0.3, -0.25) is 0 Å². The highest BCUT2D eigenvalue weighted by atomic mass is 16.5. The summed E-state index contributed by atoms with van der Waals surface area (Å²) in [5.74, 6) is 0. The largest absolute Gasteiger partial charge is 0.445 e. The number of amides is 1. The monoisotopic (exact) mass is 265 g/mol. The zero-order valence-electron chi connectivity index (χ0n) is 10.7. The zero-order valence-corrected chi connectivity index (χ0v) is 10.7. The first-order valence-electron chi connectivity index (χ1n) is 6.47. The van der Waals surface area contributed by atoms with Crippen molar-refractivity contribution in [2.75, 3.05) is 13.2 Å². The van der Waals surface area contributed by atoms with Crippen LogP contribution in [-0.4, -0.2) is 36.6 Å². The topological polar surface area (TPSA) is 67.8 Å². The molecule has 5 heteroatoms. The second kappa shape index (κ2) is 7.11. The number of hydrogen-bond donors (Lipinski definition) is 2. The summed E-state index contributed by atoms with van der Waals surface area (Å²) in [6.45, 7) is 0.719. The number of alkyl carbamates (subject to hydrolysis) is 1. The van der Waals surface area contributed by atoms with Gasteiger partial charge in [-0.05, 0) is 18.4 Å². The van der Waals surface area contributed by atoms with Crippen molar-refractivity contribution in [1.82, 2.24) is 5.32 Å². The molecule has 0 spiro atoms. The van der Waals surface area contributed by atoms with Crippen LogP contribution in [0.5, 0.6) is 0 Å². The van der Waals surface area contributed by atoms with Crippen LogP contribution in [0, 0.1) is 0 Å². The van der Waals surface area contributed by atoms with Gasteiger partial charge in [0.15, 0.2) is 0 Å². The standard InChI is InChI=1S/C14H19NO4/c16-8-13-7-6-12(10-18-13)15-14(17)19-9-11-4-2-1-3-5-11/h1-5,12-13,16H,6-10H2,(H,15,17)/t12-,13+/m1/s1. The van der Waals surface area contributed by atoms with Gasteiger partial charge in [0.05, 0.1) is 25.4 Å². The van der Waals surface area contributed by atoms with E-state index in [-0.39, 0.29) is 25.4 Å². The van der Waals surface area contributed by atoms with Gasteiger partial charge < -0.3 is 19.9 Å². The normalized spacial score (nSPS) is 22.8. The molecule has 1 aromatic rings. The van der Waals surface area contributed by atoms with Crippen LogP contribution >= 0.6 is 0 Å². The Morgan fingerprint density at radius 3 is 2.79 bits per heavy atom. The van der Waals surface area contributed by atoms with Crippen molar-refractivity contribution in [3.8, 4) is 0 Å². The maximum Gasteiger partial charge on any atom is 0.407 e. The van der Waals surface area contributed by atoms with Crippen molar-refractivity contribution in [1.29, 1.82) is 0 Å². The third-order valence-corrected chi connectivity index (χ3v) is 3.11. The quantitative estimate of drug-likeness (QED) is 0.864. The van der Waals surface area contributed by atoms with Crippen molar-refractivity contribution >= 4 is 6.09 Å². The first kappa shape index (κ1) is 13.8. The highest BCUT2D eigenvalue weighted by Gasteiger charge is 2.22. The smallest absolute Gasteiger partial charge is 0.407 e. The van der Waals surface area contributed by atoms with Gasteiger partial charge in [0.25, 0.3) is 0 Å². The molecule has 104 valence electrons. The Balaban J connectivity index is 1.67. The minimum atomic E-state index is -0.431. The van der Waals surface area contributed by atoms with Crippen LogP contribution in [0.25, 0.3) is 0 Å². The fourth-order valence-corrected chi connectivity index (χ4v) is 2.00. The zero-order chi connectivity index (χ0) is 13.5. The second-order valence-corrected chi connectivity index (χ2v) is 4.62. The molecule has 2 rings (SSSR count). The molecule has 0 aliphatic carbocycles. The van der Waals surface area contributed by atoms with Crippen LogP contribution in [0.4, 0.5) is 4.79 Å². The van der Waals surface area contributed by atoms with Crippen molar-refractivity contribution in [3.63, 3.8) is 0 Å². The predicted molar refractivity (Wildman–Crippen MR) is 69.6 cm³/mol. The molecule has 19 heavy (non-hydrogen) atoms. The fourth-order valence-electron chi connectivity index (χ4n) is 2.00. The lowest BCUT2D eigenvalue weighted by Crippen LogP contribution is -2.43. The number of aliphatic hydroxyl groups excluding tert-OH is 1. The summed E-state index contributed by atoms with van der Waals surface area (Å²) >= 11 is 0. The van der Waals surface area contributed by atoms with E-state index in [0.717, 1.165) is 18.4 Å². The molecule has 0 bridgehead atoms. The van der Waals surface area contributed by atoms with Gasteiger partial charge >= 0.3 is 6.09 Å². The molecule has 5 nitrogen and oxygen atoms in total. The average Bonchev–Trinajstić information content (AvgIpc) is 2.47. The summed E-state index contributed by atoms with van der Waals surface area (Å²) in [5.41, 5.74) is 0.956. The van der Waals surface area contributed by atoms with E-state index >= 15 is 0 Å². The van der Waals surface area contributed by atoms with Crippen LogP contribution in [-0.2, 0) is 16.1 Å². The number of benzene rings is 1. The van der Waals surface area contributed by atoms with E-state index in [1.54, 1.807) is 0 Å². The Bertz CT molecular complexity index is 388. The first-order chi connectivity index (χ1) is 9.28. The van der Waals surface area contributed by atoms with Crippen LogP contribution in [0.3, 0.4) is 0 Å². The van der Waals surface area contributed by atoms with E-state index in [0.29, 0.717) is 6.61 Å². The molecular weight excluding hydrogens is 246 g/mol. The Hall–Kier alpha value is -1.59. The summed E-state index contributed by atoms with van der Waals surface area (Å²) in [5, 5.41) is 11.7. The average molecular weight is 265 g/mol. The number of rotatable bonds is 4. The summed E-state index contributed by atoms with van der Waals surface area (Å²) in [6.07, 6.45) is 1.02. The van der Waals surface area contributed by atoms with Crippen molar-refractivity contribution in [2.45, 2.75) is 31.6 Å². The maximum absolute atomic E-state index is 11.6. The lowest BCUT2D eigenvalue weighted by molar-refractivity contribution is -0.0314. The van der Waals surface area contributed by atoms with Gasteiger partial charge in [-0.25, -0.2) is 4.79 Å². The Labute approximate surface area is 112 Å². The van der Waals surface area contributed by atoms with E-state index in [4.69, 9.17) is 14.6 Å².